The Kier molecular flexibility index (Phi) is 3.39. The lowest BCUT2D eigenvalue weighted by Gasteiger charge is -2.23. The van der Waals surface area contributed by atoms with E-state index in [0.717, 1.165) is 30.5 Å². The molecule has 0 amide bonds. The minimum atomic E-state index is 0.0363. The number of hydrogen-bond acceptors (Lipinski definition) is 2. The van der Waals surface area contributed by atoms with Crippen molar-refractivity contribution in [2.45, 2.75) is 39.2 Å². The molecule has 1 fully saturated rings. The molecule has 1 heterocycles. The van der Waals surface area contributed by atoms with E-state index >= 15 is 0 Å². The van der Waals surface area contributed by atoms with Gasteiger partial charge in [-0.1, -0.05) is 24.6 Å². The van der Waals surface area contributed by atoms with Crippen molar-refractivity contribution in [3.8, 4) is 0 Å². The Morgan fingerprint density at radius 1 is 1.31 bits per heavy atom. The monoisotopic (exact) mass is 217 g/mol. The molecule has 86 valence electrons. The third-order valence-corrected chi connectivity index (χ3v) is 3.50. The van der Waals surface area contributed by atoms with Crippen molar-refractivity contribution in [3.63, 3.8) is 0 Å². The van der Waals surface area contributed by atoms with Gasteiger partial charge in [-0.05, 0) is 44.4 Å². The van der Waals surface area contributed by atoms with Crippen LogP contribution >= 0.6 is 0 Å². The van der Waals surface area contributed by atoms with Gasteiger partial charge in [0.25, 0.3) is 0 Å². The Morgan fingerprint density at radius 2 is 2.12 bits per heavy atom. The summed E-state index contributed by atoms with van der Waals surface area (Å²) in [5.74, 6) is 0.265. The lowest BCUT2D eigenvalue weighted by atomic mass is 9.92. The van der Waals surface area contributed by atoms with Gasteiger partial charge in [0.2, 0.25) is 0 Å². The highest BCUT2D eigenvalue weighted by atomic mass is 16.1. The molecule has 1 aliphatic heterocycles. The second-order valence-electron chi connectivity index (χ2n) is 4.61. The van der Waals surface area contributed by atoms with Gasteiger partial charge in [0, 0.05) is 5.56 Å². The zero-order valence-corrected chi connectivity index (χ0v) is 10.0. The van der Waals surface area contributed by atoms with Crippen LogP contribution in [-0.4, -0.2) is 18.4 Å². The number of nitrogens with one attached hydrogen (secondary N) is 1. The van der Waals surface area contributed by atoms with Crippen molar-refractivity contribution in [2.24, 2.45) is 0 Å². The summed E-state index contributed by atoms with van der Waals surface area (Å²) >= 11 is 0. The summed E-state index contributed by atoms with van der Waals surface area (Å²) in [6.07, 6.45) is 3.33. The molecular formula is C14H19NO. The number of carbonyl (C=O) groups is 1. The van der Waals surface area contributed by atoms with E-state index in [9.17, 15) is 4.79 Å². The minimum Gasteiger partial charge on any atom is -0.307 e. The molecule has 1 aromatic carbocycles. The molecule has 0 aromatic heterocycles. The summed E-state index contributed by atoms with van der Waals surface area (Å²) in [7, 11) is 0. The van der Waals surface area contributed by atoms with E-state index < -0.39 is 0 Å². The van der Waals surface area contributed by atoms with E-state index in [2.05, 4.69) is 18.3 Å². The summed E-state index contributed by atoms with van der Waals surface area (Å²) in [5, 5.41) is 3.31. The van der Waals surface area contributed by atoms with Crippen molar-refractivity contribution in [2.75, 3.05) is 6.54 Å². The highest BCUT2D eigenvalue weighted by Crippen LogP contribution is 2.18. The topological polar surface area (TPSA) is 29.1 Å². The first kappa shape index (κ1) is 11.3. The fourth-order valence-electron chi connectivity index (χ4n) is 2.28. The van der Waals surface area contributed by atoms with Crippen molar-refractivity contribution in [1.29, 1.82) is 0 Å². The van der Waals surface area contributed by atoms with Gasteiger partial charge in [0.1, 0.15) is 0 Å². The molecule has 1 N–H and O–H groups in total. The van der Waals surface area contributed by atoms with Crippen LogP contribution in [0.3, 0.4) is 0 Å². The quantitative estimate of drug-likeness (QED) is 0.772. The molecule has 1 aromatic rings. The summed E-state index contributed by atoms with van der Waals surface area (Å²) < 4.78 is 0. The number of carbonyl (C=O) groups excluding carboxylic acids is 1. The second-order valence-corrected chi connectivity index (χ2v) is 4.61. The van der Waals surface area contributed by atoms with Gasteiger partial charge in [-0.3, -0.25) is 4.79 Å². The standard InChI is InChI=1S/C14H19NO/c1-10-6-5-7-12(11(10)2)14(16)13-8-3-4-9-15-13/h5-7,13,15H,3-4,8-9H2,1-2H3. The second kappa shape index (κ2) is 4.79. The maximum absolute atomic E-state index is 12.3. The SMILES string of the molecule is Cc1cccc(C(=O)C2CCCCN2)c1C. The molecule has 1 aliphatic rings. The Morgan fingerprint density at radius 3 is 2.81 bits per heavy atom. The van der Waals surface area contributed by atoms with Crippen LogP contribution in [-0.2, 0) is 0 Å². The van der Waals surface area contributed by atoms with Crippen LogP contribution in [0.2, 0.25) is 0 Å². The summed E-state index contributed by atoms with van der Waals surface area (Å²) in [5.41, 5.74) is 3.21. The first-order valence-electron chi connectivity index (χ1n) is 6.04. The molecule has 0 saturated carbocycles. The molecule has 2 heteroatoms. The predicted octanol–water partition coefficient (Wildman–Crippen LogP) is 2.63. The van der Waals surface area contributed by atoms with Gasteiger partial charge in [0.05, 0.1) is 6.04 Å². The summed E-state index contributed by atoms with van der Waals surface area (Å²) in [6.45, 7) is 5.06. The normalized spacial score (nSPS) is 20.8. The van der Waals surface area contributed by atoms with Crippen molar-refractivity contribution < 1.29 is 4.79 Å². The maximum Gasteiger partial charge on any atom is 0.179 e. The molecule has 2 nitrogen and oxygen atoms in total. The van der Waals surface area contributed by atoms with Gasteiger partial charge in [-0.2, -0.15) is 0 Å². The lowest BCUT2D eigenvalue weighted by molar-refractivity contribution is 0.0926. The van der Waals surface area contributed by atoms with E-state index in [4.69, 9.17) is 0 Å². The van der Waals surface area contributed by atoms with Crippen LogP contribution < -0.4 is 5.32 Å². The van der Waals surface area contributed by atoms with Crippen molar-refractivity contribution >= 4 is 5.78 Å². The van der Waals surface area contributed by atoms with Crippen molar-refractivity contribution in [3.05, 3.63) is 34.9 Å². The Labute approximate surface area is 97.1 Å². The van der Waals surface area contributed by atoms with Gasteiger partial charge >= 0.3 is 0 Å². The van der Waals surface area contributed by atoms with E-state index in [0.29, 0.717) is 0 Å². The zero-order valence-electron chi connectivity index (χ0n) is 10.0. The van der Waals surface area contributed by atoms with Gasteiger partial charge in [-0.25, -0.2) is 0 Å². The van der Waals surface area contributed by atoms with Crippen LogP contribution in [0.5, 0.6) is 0 Å². The Hall–Kier alpha value is -1.15. The molecule has 1 saturated heterocycles. The van der Waals surface area contributed by atoms with E-state index in [1.807, 2.05) is 19.1 Å². The first-order chi connectivity index (χ1) is 7.70. The molecule has 1 atom stereocenters. The molecule has 1 unspecified atom stereocenters. The lowest BCUT2D eigenvalue weighted by Crippen LogP contribution is -2.40. The van der Waals surface area contributed by atoms with E-state index in [1.165, 1.54) is 12.0 Å². The highest BCUT2D eigenvalue weighted by Gasteiger charge is 2.22. The van der Waals surface area contributed by atoms with Crippen LogP contribution in [0.1, 0.15) is 40.7 Å². The van der Waals surface area contributed by atoms with E-state index in [1.54, 1.807) is 0 Å². The molecular weight excluding hydrogens is 198 g/mol. The molecule has 2 rings (SSSR count). The number of hydrogen-bond donors (Lipinski definition) is 1. The number of ketones is 1. The molecule has 0 aliphatic carbocycles. The maximum atomic E-state index is 12.3. The van der Waals surface area contributed by atoms with Crippen LogP contribution in [0.15, 0.2) is 18.2 Å². The molecule has 0 spiro atoms. The zero-order chi connectivity index (χ0) is 11.5. The Bertz CT molecular complexity index is 392. The third kappa shape index (κ3) is 2.17. The van der Waals surface area contributed by atoms with Gasteiger partial charge in [0.15, 0.2) is 5.78 Å². The number of rotatable bonds is 2. The van der Waals surface area contributed by atoms with Gasteiger partial charge < -0.3 is 5.32 Å². The Balaban J connectivity index is 2.22. The smallest absolute Gasteiger partial charge is 0.179 e. The average Bonchev–Trinajstić information content (AvgIpc) is 2.33. The van der Waals surface area contributed by atoms with Gasteiger partial charge in [-0.15, -0.1) is 0 Å². The molecule has 0 bridgehead atoms. The minimum absolute atomic E-state index is 0.0363. The average molecular weight is 217 g/mol. The fourth-order valence-corrected chi connectivity index (χ4v) is 2.28. The van der Waals surface area contributed by atoms with Crippen molar-refractivity contribution in [1.82, 2.24) is 5.32 Å². The number of aryl methyl sites for hydroxylation is 1. The molecule has 16 heavy (non-hydrogen) atoms. The third-order valence-electron chi connectivity index (χ3n) is 3.50. The number of Topliss-reactive ketones (excluding diaryl/α,β-unsaturated/α-hetero) is 1. The number of piperidine rings is 1. The molecule has 0 radical (unpaired) electrons. The van der Waals surface area contributed by atoms with Crippen LogP contribution in [0.4, 0.5) is 0 Å². The first-order valence-corrected chi connectivity index (χ1v) is 6.04. The summed E-state index contributed by atoms with van der Waals surface area (Å²) in [6, 6.07) is 6.01. The number of benzene rings is 1. The van der Waals surface area contributed by atoms with Crippen LogP contribution in [0, 0.1) is 13.8 Å². The van der Waals surface area contributed by atoms with Crippen LogP contribution in [0.25, 0.3) is 0 Å². The largest absolute Gasteiger partial charge is 0.307 e. The predicted molar refractivity (Wildman–Crippen MR) is 65.9 cm³/mol. The summed E-state index contributed by atoms with van der Waals surface area (Å²) in [4.78, 5) is 12.3. The van der Waals surface area contributed by atoms with E-state index in [-0.39, 0.29) is 11.8 Å². The highest BCUT2D eigenvalue weighted by molar-refractivity contribution is 6.01. The fraction of sp³-hybridized carbons (Fsp3) is 0.500.